The van der Waals surface area contributed by atoms with Crippen LogP contribution >= 0.6 is 0 Å². The molecule has 2 N–H and O–H groups in total. The van der Waals surface area contributed by atoms with Gasteiger partial charge in [0.1, 0.15) is 17.4 Å². The van der Waals surface area contributed by atoms with Crippen LogP contribution in [0.25, 0.3) is 6.08 Å². The lowest BCUT2D eigenvalue weighted by atomic mass is 10.1. The summed E-state index contributed by atoms with van der Waals surface area (Å²) >= 11 is 0. The van der Waals surface area contributed by atoms with Gasteiger partial charge in [0, 0.05) is 17.8 Å². The van der Waals surface area contributed by atoms with Crippen molar-refractivity contribution in [2.45, 2.75) is 19.8 Å². The van der Waals surface area contributed by atoms with E-state index in [4.69, 9.17) is 4.74 Å². The lowest BCUT2D eigenvalue weighted by Gasteiger charge is -2.07. The van der Waals surface area contributed by atoms with Gasteiger partial charge in [0.05, 0.1) is 7.11 Å². The van der Waals surface area contributed by atoms with Crippen LogP contribution < -0.4 is 15.4 Å². The first-order chi connectivity index (χ1) is 13.6. The molecule has 6 heteroatoms. The molecule has 0 aliphatic heterocycles. The third-order valence-corrected chi connectivity index (χ3v) is 3.99. The van der Waals surface area contributed by atoms with E-state index in [0.717, 1.165) is 12.8 Å². The lowest BCUT2D eigenvalue weighted by Crippen LogP contribution is -2.25. The van der Waals surface area contributed by atoms with Crippen LogP contribution in [0.2, 0.25) is 0 Å². The minimum absolute atomic E-state index is 0.0229. The fourth-order valence-corrected chi connectivity index (χ4v) is 2.44. The van der Waals surface area contributed by atoms with E-state index in [9.17, 15) is 14.9 Å². The van der Waals surface area contributed by atoms with Crippen molar-refractivity contribution in [3.8, 4) is 11.8 Å². The van der Waals surface area contributed by atoms with E-state index in [-0.39, 0.29) is 11.5 Å². The molecule has 144 valence electrons. The van der Waals surface area contributed by atoms with Gasteiger partial charge in [-0.1, -0.05) is 25.5 Å². The Hall–Kier alpha value is -3.59. The number of amides is 2. The summed E-state index contributed by atoms with van der Waals surface area (Å²) in [5.41, 5.74) is 1.73. The number of carbonyl (C=O) groups is 2. The van der Waals surface area contributed by atoms with E-state index >= 15 is 0 Å². The van der Waals surface area contributed by atoms with E-state index < -0.39 is 5.91 Å². The van der Waals surface area contributed by atoms with Crippen LogP contribution in [0, 0.1) is 11.3 Å². The van der Waals surface area contributed by atoms with E-state index in [1.165, 1.54) is 6.08 Å². The predicted octanol–water partition coefficient (Wildman–Crippen LogP) is 3.77. The Morgan fingerprint density at radius 3 is 2.57 bits per heavy atom. The molecule has 28 heavy (non-hydrogen) atoms. The Kier molecular flexibility index (Phi) is 7.79. The molecular weight excluding hydrogens is 354 g/mol. The van der Waals surface area contributed by atoms with Crippen molar-refractivity contribution in [3.05, 3.63) is 65.2 Å². The largest absolute Gasteiger partial charge is 0.497 e. The molecule has 0 atom stereocenters. The van der Waals surface area contributed by atoms with E-state index in [2.05, 4.69) is 10.6 Å². The van der Waals surface area contributed by atoms with E-state index in [1.807, 2.05) is 13.0 Å². The first-order valence-corrected chi connectivity index (χ1v) is 9.02. The zero-order valence-electron chi connectivity index (χ0n) is 16.0. The molecule has 2 rings (SSSR count). The second kappa shape index (κ2) is 10.5. The number of hydrogen-bond acceptors (Lipinski definition) is 4. The van der Waals surface area contributed by atoms with Crippen LogP contribution in [-0.4, -0.2) is 25.5 Å². The quantitative estimate of drug-likeness (QED) is 0.416. The number of nitriles is 1. The molecular formula is C22H23N3O3. The molecule has 0 spiro atoms. The molecule has 0 heterocycles. The number of unbranched alkanes of at least 4 members (excludes halogenated alkanes) is 1. The summed E-state index contributed by atoms with van der Waals surface area (Å²) in [6.45, 7) is 2.56. The molecule has 0 aliphatic rings. The van der Waals surface area contributed by atoms with Crippen molar-refractivity contribution in [2.24, 2.45) is 0 Å². The predicted molar refractivity (Wildman–Crippen MR) is 109 cm³/mol. The minimum atomic E-state index is -0.399. The molecule has 6 nitrogen and oxygen atoms in total. The van der Waals surface area contributed by atoms with Crippen molar-refractivity contribution >= 4 is 23.6 Å². The van der Waals surface area contributed by atoms with Gasteiger partial charge in [0.25, 0.3) is 11.8 Å². The highest BCUT2D eigenvalue weighted by Crippen LogP contribution is 2.16. The molecule has 0 radical (unpaired) electrons. The molecule has 2 aromatic carbocycles. The Morgan fingerprint density at radius 2 is 1.93 bits per heavy atom. The number of methoxy groups -OCH3 is 1. The average Bonchev–Trinajstić information content (AvgIpc) is 2.72. The van der Waals surface area contributed by atoms with E-state index in [1.54, 1.807) is 55.6 Å². The average molecular weight is 377 g/mol. The molecule has 2 aromatic rings. The lowest BCUT2D eigenvalue weighted by molar-refractivity contribution is -0.117. The van der Waals surface area contributed by atoms with Crippen LogP contribution in [0.1, 0.15) is 35.7 Å². The maximum atomic E-state index is 12.4. The van der Waals surface area contributed by atoms with Gasteiger partial charge in [0.2, 0.25) is 0 Å². The second-order valence-corrected chi connectivity index (χ2v) is 6.09. The van der Waals surface area contributed by atoms with Gasteiger partial charge in [-0.3, -0.25) is 9.59 Å². The standard InChI is InChI=1S/C22H23N3O3/c1-3-4-12-24-21(26)18(15-23)13-16-6-5-7-19(14-16)25-22(27)17-8-10-20(28-2)11-9-17/h5-11,13-14H,3-4,12H2,1-2H3,(H,24,26)(H,25,27)/b18-13+. The van der Waals surface area contributed by atoms with Gasteiger partial charge in [-0.2, -0.15) is 5.26 Å². The second-order valence-electron chi connectivity index (χ2n) is 6.09. The van der Waals surface area contributed by atoms with Crippen LogP contribution in [0.3, 0.4) is 0 Å². The topological polar surface area (TPSA) is 91.2 Å². The number of nitrogens with one attached hydrogen (secondary N) is 2. The van der Waals surface area contributed by atoms with Crippen molar-refractivity contribution in [1.82, 2.24) is 5.32 Å². The summed E-state index contributed by atoms with van der Waals surface area (Å²) in [6.07, 6.45) is 3.32. The van der Waals surface area contributed by atoms with Crippen molar-refractivity contribution in [2.75, 3.05) is 19.0 Å². The van der Waals surface area contributed by atoms with Crippen LogP contribution in [0.15, 0.2) is 54.1 Å². The normalized spacial score (nSPS) is 10.7. The highest BCUT2D eigenvalue weighted by atomic mass is 16.5. The SMILES string of the molecule is CCCCNC(=O)/C(C#N)=C/c1cccc(NC(=O)c2ccc(OC)cc2)c1. The van der Waals surface area contributed by atoms with Crippen molar-refractivity contribution in [1.29, 1.82) is 5.26 Å². The van der Waals surface area contributed by atoms with Gasteiger partial charge in [-0.25, -0.2) is 0 Å². The Balaban J connectivity index is 2.10. The molecule has 0 bridgehead atoms. The van der Waals surface area contributed by atoms with Gasteiger partial charge < -0.3 is 15.4 Å². The van der Waals surface area contributed by atoms with Crippen LogP contribution in [-0.2, 0) is 4.79 Å². The molecule has 0 aromatic heterocycles. The summed E-state index contributed by atoms with van der Waals surface area (Å²) in [6, 6.07) is 15.7. The Morgan fingerprint density at radius 1 is 1.18 bits per heavy atom. The number of rotatable bonds is 8. The number of hydrogen-bond donors (Lipinski definition) is 2. The smallest absolute Gasteiger partial charge is 0.261 e. The summed E-state index contributed by atoms with van der Waals surface area (Å²) in [5.74, 6) is 0.00940. The van der Waals surface area contributed by atoms with Crippen LogP contribution in [0.4, 0.5) is 5.69 Å². The number of benzene rings is 2. The van der Waals surface area contributed by atoms with Crippen molar-refractivity contribution in [3.63, 3.8) is 0 Å². The molecule has 0 unspecified atom stereocenters. The van der Waals surface area contributed by atoms with Gasteiger partial charge in [-0.15, -0.1) is 0 Å². The number of ether oxygens (including phenoxy) is 1. The molecule has 0 aliphatic carbocycles. The monoisotopic (exact) mass is 377 g/mol. The maximum absolute atomic E-state index is 12.4. The first kappa shape index (κ1) is 20.7. The zero-order chi connectivity index (χ0) is 20.4. The Bertz CT molecular complexity index is 896. The van der Waals surface area contributed by atoms with Gasteiger partial charge >= 0.3 is 0 Å². The Labute approximate surface area is 164 Å². The molecule has 0 saturated carbocycles. The molecule has 0 fully saturated rings. The van der Waals surface area contributed by atoms with Gasteiger partial charge in [0.15, 0.2) is 0 Å². The van der Waals surface area contributed by atoms with Crippen LogP contribution in [0.5, 0.6) is 5.75 Å². The summed E-state index contributed by atoms with van der Waals surface area (Å²) < 4.78 is 5.08. The fourth-order valence-electron chi connectivity index (χ4n) is 2.44. The van der Waals surface area contributed by atoms with E-state index in [0.29, 0.717) is 29.1 Å². The number of nitrogens with zero attached hydrogens (tertiary/aromatic N) is 1. The highest BCUT2D eigenvalue weighted by molar-refractivity contribution is 6.05. The summed E-state index contributed by atoms with van der Waals surface area (Å²) in [7, 11) is 1.56. The maximum Gasteiger partial charge on any atom is 0.261 e. The third-order valence-electron chi connectivity index (χ3n) is 3.99. The minimum Gasteiger partial charge on any atom is -0.497 e. The summed E-state index contributed by atoms with van der Waals surface area (Å²) in [4.78, 5) is 24.4. The fraction of sp³-hybridized carbons (Fsp3) is 0.227. The number of carbonyl (C=O) groups excluding carboxylic acids is 2. The summed E-state index contributed by atoms with van der Waals surface area (Å²) in [5, 5.41) is 14.8. The highest BCUT2D eigenvalue weighted by Gasteiger charge is 2.09. The third kappa shape index (κ3) is 5.99. The first-order valence-electron chi connectivity index (χ1n) is 9.02. The van der Waals surface area contributed by atoms with Gasteiger partial charge in [-0.05, 0) is 54.5 Å². The molecule has 2 amide bonds. The number of anilines is 1. The zero-order valence-corrected chi connectivity index (χ0v) is 16.0. The molecule has 0 saturated heterocycles. The van der Waals surface area contributed by atoms with Crippen molar-refractivity contribution < 1.29 is 14.3 Å².